The molecule has 0 radical (unpaired) electrons. The fourth-order valence-electron chi connectivity index (χ4n) is 3.07. The van der Waals surface area contributed by atoms with Crippen LogP contribution in [0.3, 0.4) is 0 Å². The predicted octanol–water partition coefficient (Wildman–Crippen LogP) is 3.40. The highest BCUT2D eigenvalue weighted by molar-refractivity contribution is 7.92. The van der Waals surface area contributed by atoms with Crippen molar-refractivity contribution in [1.82, 2.24) is 4.72 Å². The monoisotopic (exact) mass is 384 g/mol. The van der Waals surface area contributed by atoms with E-state index in [2.05, 4.69) is 16.1 Å². The van der Waals surface area contributed by atoms with E-state index in [1.54, 1.807) is 0 Å². The largest absolute Gasteiger partial charge is 0.326 e. The first-order valence-electron chi connectivity index (χ1n) is 9.07. The first-order valence-corrected chi connectivity index (χ1v) is 10.6. The zero-order valence-corrected chi connectivity index (χ0v) is 16.2. The van der Waals surface area contributed by atoms with Crippen LogP contribution in [0.4, 0.5) is 5.69 Å². The van der Waals surface area contributed by atoms with Gasteiger partial charge in [-0.2, -0.15) is 0 Å². The smallest absolute Gasteiger partial charge is 0.233 e. The molecule has 0 atom stereocenters. The van der Waals surface area contributed by atoms with Gasteiger partial charge in [0.1, 0.15) is 0 Å². The minimum Gasteiger partial charge on any atom is -0.326 e. The molecule has 0 aliphatic heterocycles. The van der Waals surface area contributed by atoms with Gasteiger partial charge in [-0.1, -0.05) is 35.9 Å². The Morgan fingerprint density at radius 3 is 2.59 bits per heavy atom. The minimum atomic E-state index is -3.58. The van der Waals surface area contributed by atoms with E-state index in [9.17, 15) is 13.2 Å². The maximum absolute atomic E-state index is 12.0. The van der Waals surface area contributed by atoms with Crippen LogP contribution in [0.1, 0.15) is 35.1 Å². The number of amides is 1. The van der Waals surface area contributed by atoms with Crippen LogP contribution in [-0.2, 0) is 27.7 Å². The molecule has 0 bridgehead atoms. The Balaban J connectivity index is 1.46. The minimum absolute atomic E-state index is 0.0529. The Morgan fingerprint density at radius 2 is 1.81 bits per heavy atom. The molecule has 1 amide bonds. The molecule has 6 heteroatoms. The van der Waals surface area contributed by atoms with E-state index >= 15 is 0 Å². The summed E-state index contributed by atoms with van der Waals surface area (Å²) in [5, 5.41) is 3.95. The molecule has 27 heavy (non-hydrogen) atoms. The van der Waals surface area contributed by atoms with Gasteiger partial charge in [-0.15, -0.1) is 0 Å². The van der Waals surface area contributed by atoms with Crippen LogP contribution in [0.5, 0.6) is 0 Å². The van der Waals surface area contributed by atoms with Gasteiger partial charge < -0.3 is 5.32 Å². The maximum Gasteiger partial charge on any atom is 0.233 e. The summed E-state index contributed by atoms with van der Waals surface area (Å²) < 4.78 is 26.4. The van der Waals surface area contributed by atoms with Gasteiger partial charge >= 0.3 is 0 Å². The molecule has 2 N–H and O–H groups in total. The summed E-state index contributed by atoms with van der Waals surface area (Å²) in [7, 11) is -3.58. The van der Waals surface area contributed by atoms with Crippen molar-refractivity contribution in [2.45, 2.75) is 32.6 Å². The molecule has 142 valence electrons. The number of fused-ring (bicyclic) bond motifs is 1. The number of hydrogen-bond acceptors (Lipinski definition) is 3. The zero-order chi connectivity index (χ0) is 19.3. The summed E-state index contributed by atoms with van der Waals surface area (Å²) in [4.78, 5) is 12.0. The molecule has 3 rings (SSSR count). The van der Waals surface area contributed by atoms with Gasteiger partial charge in [0.25, 0.3) is 0 Å². The van der Waals surface area contributed by atoms with E-state index in [1.165, 1.54) is 17.2 Å². The third-order valence-electron chi connectivity index (χ3n) is 4.55. The lowest BCUT2D eigenvalue weighted by Gasteiger charge is -2.08. The molecule has 0 saturated heterocycles. The molecule has 5 nitrogen and oxygen atoms in total. The Hall–Kier alpha value is -2.44. The average Bonchev–Trinajstić information content (AvgIpc) is 3.09. The quantitative estimate of drug-likeness (QED) is 0.768. The van der Waals surface area contributed by atoms with Gasteiger partial charge in [0, 0.05) is 24.1 Å². The standard InChI is InChI=1S/C21H24N2O3S/c1-16-5-7-17(8-6-16)12-14-27(25,26)22-13-11-21(24)23-20-10-9-18-3-2-4-19(18)15-20/h5-10,12,14-15,22H,2-4,11,13H2,1H3,(H,23,24). The molecule has 0 aromatic heterocycles. The molecule has 0 heterocycles. The van der Waals surface area contributed by atoms with Crippen LogP contribution in [0.2, 0.25) is 0 Å². The lowest BCUT2D eigenvalue weighted by atomic mass is 10.1. The van der Waals surface area contributed by atoms with E-state index in [0.29, 0.717) is 0 Å². The van der Waals surface area contributed by atoms with Crippen molar-refractivity contribution in [1.29, 1.82) is 0 Å². The van der Waals surface area contributed by atoms with E-state index in [4.69, 9.17) is 0 Å². The summed E-state index contributed by atoms with van der Waals surface area (Å²) in [6, 6.07) is 13.5. The number of rotatable bonds is 7. The molecule has 0 unspecified atom stereocenters. The average molecular weight is 385 g/mol. The van der Waals surface area contributed by atoms with Gasteiger partial charge in [-0.25, -0.2) is 13.1 Å². The summed E-state index contributed by atoms with van der Waals surface area (Å²) >= 11 is 0. The highest BCUT2D eigenvalue weighted by Gasteiger charge is 2.12. The van der Waals surface area contributed by atoms with Gasteiger partial charge in [0.2, 0.25) is 15.9 Å². The zero-order valence-electron chi connectivity index (χ0n) is 15.4. The van der Waals surface area contributed by atoms with Crippen molar-refractivity contribution in [2.24, 2.45) is 0 Å². The van der Waals surface area contributed by atoms with Crippen LogP contribution in [0.15, 0.2) is 47.9 Å². The van der Waals surface area contributed by atoms with E-state index < -0.39 is 10.0 Å². The second-order valence-electron chi connectivity index (χ2n) is 6.79. The second kappa shape index (κ2) is 8.50. The SMILES string of the molecule is Cc1ccc(C=CS(=O)(=O)NCCC(=O)Nc2ccc3c(c2)CCC3)cc1. The van der Waals surface area contributed by atoms with Crippen molar-refractivity contribution in [3.05, 3.63) is 70.1 Å². The molecular formula is C21H24N2O3S. The fraction of sp³-hybridized carbons (Fsp3) is 0.286. The Kier molecular flexibility index (Phi) is 6.08. The van der Waals surface area contributed by atoms with Gasteiger partial charge in [0.05, 0.1) is 0 Å². The van der Waals surface area contributed by atoms with Crippen molar-refractivity contribution >= 4 is 27.7 Å². The molecule has 1 aliphatic carbocycles. The van der Waals surface area contributed by atoms with Crippen molar-refractivity contribution in [2.75, 3.05) is 11.9 Å². The summed E-state index contributed by atoms with van der Waals surface area (Å²) in [5.74, 6) is -0.210. The highest BCUT2D eigenvalue weighted by Crippen LogP contribution is 2.24. The number of anilines is 1. The third-order valence-corrected chi connectivity index (χ3v) is 5.66. The summed E-state index contributed by atoms with van der Waals surface area (Å²) in [6.45, 7) is 2.02. The topological polar surface area (TPSA) is 75.3 Å². The number of nitrogens with one attached hydrogen (secondary N) is 2. The third kappa shape index (κ3) is 5.77. The number of sulfonamides is 1. The molecule has 2 aromatic rings. The number of aryl methyl sites for hydroxylation is 3. The first kappa shape index (κ1) is 19.3. The van der Waals surface area contributed by atoms with Crippen LogP contribution >= 0.6 is 0 Å². The lowest BCUT2D eigenvalue weighted by molar-refractivity contribution is -0.116. The molecule has 2 aromatic carbocycles. The summed E-state index contributed by atoms with van der Waals surface area (Å²) in [6.07, 6.45) is 4.92. The Bertz CT molecular complexity index is 948. The normalized spacial score (nSPS) is 13.7. The van der Waals surface area contributed by atoms with Crippen LogP contribution in [0.25, 0.3) is 6.08 Å². The van der Waals surface area contributed by atoms with E-state index in [0.717, 1.165) is 41.5 Å². The molecule has 0 fully saturated rings. The van der Waals surface area contributed by atoms with Gasteiger partial charge in [-0.05, 0) is 61.1 Å². The second-order valence-corrected chi connectivity index (χ2v) is 8.44. The molecule has 1 aliphatic rings. The molecular weight excluding hydrogens is 360 g/mol. The molecule has 0 spiro atoms. The number of hydrogen-bond donors (Lipinski definition) is 2. The fourth-order valence-corrected chi connectivity index (χ4v) is 3.89. The number of carbonyl (C=O) groups excluding carboxylic acids is 1. The Morgan fingerprint density at radius 1 is 1.07 bits per heavy atom. The van der Waals surface area contributed by atoms with Crippen LogP contribution in [-0.4, -0.2) is 20.9 Å². The van der Waals surface area contributed by atoms with Crippen molar-refractivity contribution in [3.63, 3.8) is 0 Å². The highest BCUT2D eigenvalue weighted by atomic mass is 32.2. The molecule has 0 saturated carbocycles. The maximum atomic E-state index is 12.0. The van der Waals surface area contributed by atoms with Gasteiger partial charge in [0.15, 0.2) is 0 Å². The number of benzene rings is 2. The van der Waals surface area contributed by atoms with E-state index in [-0.39, 0.29) is 18.9 Å². The summed E-state index contributed by atoms with van der Waals surface area (Å²) in [5.41, 5.74) is 5.32. The van der Waals surface area contributed by atoms with Gasteiger partial charge in [-0.3, -0.25) is 4.79 Å². The predicted molar refractivity (Wildman–Crippen MR) is 109 cm³/mol. The lowest BCUT2D eigenvalue weighted by Crippen LogP contribution is -2.26. The first-order chi connectivity index (χ1) is 12.9. The number of carbonyl (C=O) groups is 1. The van der Waals surface area contributed by atoms with Crippen LogP contribution < -0.4 is 10.0 Å². The van der Waals surface area contributed by atoms with Crippen LogP contribution in [0, 0.1) is 6.92 Å². The van der Waals surface area contributed by atoms with Crippen molar-refractivity contribution < 1.29 is 13.2 Å². The van der Waals surface area contributed by atoms with E-state index in [1.807, 2.05) is 43.3 Å². The van der Waals surface area contributed by atoms with Crippen molar-refractivity contribution in [3.8, 4) is 0 Å². The Labute approximate surface area is 160 Å².